The highest BCUT2D eigenvalue weighted by molar-refractivity contribution is 7.92. The van der Waals surface area contributed by atoms with Crippen molar-refractivity contribution in [3.8, 4) is 0 Å². The molecule has 0 aliphatic rings. The van der Waals surface area contributed by atoms with Crippen molar-refractivity contribution in [3.63, 3.8) is 0 Å². The van der Waals surface area contributed by atoms with Gasteiger partial charge in [-0.1, -0.05) is 0 Å². The number of halogens is 2. The second kappa shape index (κ2) is 7.92. The van der Waals surface area contributed by atoms with Crippen LogP contribution in [0.1, 0.15) is 21.9 Å². The van der Waals surface area contributed by atoms with Gasteiger partial charge in [-0.3, -0.25) is 9.52 Å². The summed E-state index contributed by atoms with van der Waals surface area (Å²) in [6.07, 6.45) is 0. The van der Waals surface area contributed by atoms with E-state index < -0.39 is 27.6 Å². The zero-order valence-electron chi connectivity index (χ0n) is 15.4. The minimum atomic E-state index is -3.91. The van der Waals surface area contributed by atoms with Crippen LogP contribution in [0.4, 0.5) is 20.3 Å². The number of nitrogens with zero attached hydrogens (tertiary/aromatic N) is 2. The Bertz CT molecular complexity index is 1160. The predicted molar refractivity (Wildman–Crippen MR) is 103 cm³/mol. The Morgan fingerprint density at radius 3 is 2.28 bits per heavy atom. The highest BCUT2D eigenvalue weighted by atomic mass is 32.2. The zero-order chi connectivity index (χ0) is 21.2. The van der Waals surface area contributed by atoms with Gasteiger partial charge in [0.1, 0.15) is 23.3 Å². The van der Waals surface area contributed by atoms with E-state index in [1.165, 1.54) is 30.3 Å². The number of hydrogen-bond acceptors (Lipinski definition) is 5. The number of carbonyl (C=O) groups excluding carboxylic acids is 1. The molecular formula is C19H16F2N4O3S. The average molecular weight is 418 g/mol. The number of nitrogens with one attached hydrogen (secondary N) is 2. The first-order chi connectivity index (χ1) is 13.6. The Hall–Kier alpha value is -3.40. The number of aromatic nitrogens is 2. The van der Waals surface area contributed by atoms with Gasteiger partial charge >= 0.3 is 0 Å². The summed E-state index contributed by atoms with van der Waals surface area (Å²) >= 11 is 0. The molecular weight excluding hydrogens is 402 g/mol. The Kier molecular flexibility index (Phi) is 5.55. The average Bonchev–Trinajstić information content (AvgIpc) is 2.60. The van der Waals surface area contributed by atoms with Gasteiger partial charge in [0.05, 0.1) is 10.5 Å². The maximum Gasteiger partial charge on any atom is 0.263 e. The summed E-state index contributed by atoms with van der Waals surface area (Å²) in [5, 5.41) is 2.42. The van der Waals surface area contributed by atoms with Crippen LogP contribution in [0.2, 0.25) is 0 Å². The highest BCUT2D eigenvalue weighted by Gasteiger charge is 2.17. The summed E-state index contributed by atoms with van der Waals surface area (Å²) in [6, 6.07) is 9.35. The first kappa shape index (κ1) is 20.3. The van der Waals surface area contributed by atoms with Crippen molar-refractivity contribution < 1.29 is 22.0 Å². The van der Waals surface area contributed by atoms with E-state index in [9.17, 15) is 22.0 Å². The lowest BCUT2D eigenvalue weighted by atomic mass is 10.2. The van der Waals surface area contributed by atoms with E-state index in [-0.39, 0.29) is 22.0 Å². The van der Waals surface area contributed by atoms with E-state index in [2.05, 4.69) is 20.0 Å². The lowest BCUT2D eigenvalue weighted by Gasteiger charge is -2.10. The van der Waals surface area contributed by atoms with Gasteiger partial charge in [-0.15, -0.1) is 0 Å². The number of amides is 1. The molecule has 0 atom stereocenters. The van der Waals surface area contributed by atoms with E-state index in [0.717, 1.165) is 12.1 Å². The number of carbonyl (C=O) groups is 1. The van der Waals surface area contributed by atoms with Crippen molar-refractivity contribution in [3.05, 3.63) is 77.2 Å². The quantitative estimate of drug-likeness (QED) is 0.661. The summed E-state index contributed by atoms with van der Waals surface area (Å²) in [4.78, 5) is 20.2. The molecule has 3 rings (SSSR count). The summed E-state index contributed by atoms with van der Waals surface area (Å²) in [6.45, 7) is 3.36. The molecule has 0 spiro atoms. The topological polar surface area (TPSA) is 101 Å². The van der Waals surface area contributed by atoms with Gasteiger partial charge in [0.2, 0.25) is 0 Å². The van der Waals surface area contributed by atoms with Crippen molar-refractivity contribution in [1.82, 2.24) is 9.97 Å². The van der Waals surface area contributed by atoms with Crippen molar-refractivity contribution in [2.75, 3.05) is 10.0 Å². The van der Waals surface area contributed by atoms with Crippen LogP contribution in [-0.4, -0.2) is 24.3 Å². The molecule has 10 heteroatoms. The van der Waals surface area contributed by atoms with Gasteiger partial charge in [0, 0.05) is 23.5 Å². The van der Waals surface area contributed by atoms with Crippen LogP contribution in [-0.2, 0) is 10.0 Å². The molecule has 29 heavy (non-hydrogen) atoms. The van der Waals surface area contributed by atoms with Crippen LogP contribution >= 0.6 is 0 Å². The number of rotatable bonds is 5. The number of benzene rings is 2. The summed E-state index contributed by atoms with van der Waals surface area (Å²) in [5.74, 6) is -2.02. The predicted octanol–water partition coefficient (Wildman–Crippen LogP) is 3.42. The molecule has 0 bridgehead atoms. The molecule has 0 aliphatic heterocycles. The number of anilines is 2. The molecule has 0 aliphatic carbocycles. The molecule has 0 fully saturated rings. The van der Waals surface area contributed by atoms with E-state index in [1.807, 2.05) is 0 Å². The Morgan fingerprint density at radius 1 is 0.966 bits per heavy atom. The van der Waals surface area contributed by atoms with E-state index >= 15 is 0 Å². The molecule has 1 amide bonds. The summed E-state index contributed by atoms with van der Waals surface area (Å²) in [5.41, 5.74) is 0.520. The second-order valence-electron chi connectivity index (χ2n) is 6.15. The SMILES string of the molecule is Cc1cc(NS(=O)(=O)c2ccc(NC(=O)c3ccc(F)cc3F)cc2)nc(C)n1. The minimum absolute atomic E-state index is 0.0580. The van der Waals surface area contributed by atoms with Gasteiger partial charge in [-0.25, -0.2) is 27.2 Å². The highest BCUT2D eigenvalue weighted by Crippen LogP contribution is 2.19. The van der Waals surface area contributed by atoms with Crippen LogP contribution < -0.4 is 10.0 Å². The third-order valence-electron chi connectivity index (χ3n) is 3.80. The number of sulfonamides is 1. The number of aryl methyl sites for hydroxylation is 2. The van der Waals surface area contributed by atoms with Crippen molar-refractivity contribution >= 4 is 27.4 Å². The van der Waals surface area contributed by atoms with Crippen LogP contribution in [0.25, 0.3) is 0 Å². The third kappa shape index (κ3) is 4.91. The lowest BCUT2D eigenvalue weighted by Crippen LogP contribution is -2.16. The van der Waals surface area contributed by atoms with Gasteiger partial charge in [0.25, 0.3) is 15.9 Å². The molecule has 3 aromatic rings. The van der Waals surface area contributed by atoms with Crippen molar-refractivity contribution in [2.45, 2.75) is 18.7 Å². The van der Waals surface area contributed by atoms with Crippen LogP contribution in [0.15, 0.2) is 53.4 Å². The molecule has 2 N–H and O–H groups in total. The van der Waals surface area contributed by atoms with E-state index in [0.29, 0.717) is 17.6 Å². The Morgan fingerprint density at radius 2 is 1.66 bits per heavy atom. The smallest absolute Gasteiger partial charge is 0.263 e. The lowest BCUT2D eigenvalue weighted by molar-refractivity contribution is 0.102. The van der Waals surface area contributed by atoms with Gasteiger partial charge in [-0.05, 0) is 50.2 Å². The molecule has 1 heterocycles. The summed E-state index contributed by atoms with van der Waals surface area (Å²) < 4.78 is 54.0. The standard InChI is InChI=1S/C19H16F2N4O3S/c1-11-9-18(23-12(2)22-11)25-29(27,28)15-6-4-14(5-7-15)24-19(26)16-8-3-13(20)10-17(16)21/h3-10H,1-2H3,(H,24,26)(H,22,23,25). The second-order valence-corrected chi connectivity index (χ2v) is 7.83. The van der Waals surface area contributed by atoms with Crippen LogP contribution in [0, 0.1) is 25.5 Å². The molecule has 0 radical (unpaired) electrons. The van der Waals surface area contributed by atoms with Crippen LogP contribution in [0.3, 0.4) is 0 Å². The van der Waals surface area contributed by atoms with Gasteiger partial charge in [-0.2, -0.15) is 0 Å². The number of hydrogen-bond donors (Lipinski definition) is 2. The van der Waals surface area contributed by atoms with Crippen LogP contribution in [0.5, 0.6) is 0 Å². The zero-order valence-corrected chi connectivity index (χ0v) is 16.2. The molecule has 0 unspecified atom stereocenters. The molecule has 7 nitrogen and oxygen atoms in total. The maximum absolute atomic E-state index is 13.7. The fourth-order valence-corrected chi connectivity index (χ4v) is 3.55. The van der Waals surface area contributed by atoms with E-state index in [1.54, 1.807) is 13.8 Å². The van der Waals surface area contributed by atoms with Gasteiger partial charge < -0.3 is 5.32 Å². The summed E-state index contributed by atoms with van der Waals surface area (Å²) in [7, 11) is -3.91. The Labute approximate surface area is 165 Å². The van der Waals surface area contributed by atoms with Gasteiger partial charge in [0.15, 0.2) is 0 Å². The van der Waals surface area contributed by atoms with Crippen molar-refractivity contribution in [1.29, 1.82) is 0 Å². The van der Waals surface area contributed by atoms with Crippen molar-refractivity contribution in [2.24, 2.45) is 0 Å². The fraction of sp³-hybridized carbons (Fsp3) is 0.105. The third-order valence-corrected chi connectivity index (χ3v) is 5.17. The maximum atomic E-state index is 13.7. The normalized spacial score (nSPS) is 11.2. The molecule has 0 saturated heterocycles. The monoisotopic (exact) mass is 418 g/mol. The first-order valence-corrected chi connectivity index (χ1v) is 9.84. The minimum Gasteiger partial charge on any atom is -0.322 e. The first-order valence-electron chi connectivity index (χ1n) is 8.35. The molecule has 1 aromatic heterocycles. The van der Waals surface area contributed by atoms with E-state index in [4.69, 9.17) is 0 Å². The largest absolute Gasteiger partial charge is 0.322 e. The molecule has 0 saturated carbocycles. The molecule has 2 aromatic carbocycles. The Balaban J connectivity index is 1.76. The molecule has 150 valence electrons. The fourth-order valence-electron chi connectivity index (χ4n) is 2.56.